The van der Waals surface area contributed by atoms with Crippen LogP contribution in [-0.4, -0.2) is 27.8 Å². The molecule has 1 saturated heterocycles. The van der Waals surface area contributed by atoms with Crippen molar-refractivity contribution >= 4 is 46.2 Å². The average Bonchev–Trinajstić information content (AvgIpc) is 3.19. The molecule has 2 aliphatic heterocycles. The molecule has 4 rings (SSSR count). The molecule has 0 bridgehead atoms. The summed E-state index contributed by atoms with van der Waals surface area (Å²) in [5.41, 5.74) is 0.913. The first-order chi connectivity index (χ1) is 12.5. The molecule has 2 amide bonds. The fraction of sp³-hybridized carbons (Fsp3) is 0.0556. The van der Waals surface area contributed by atoms with E-state index in [2.05, 4.69) is 0 Å². The number of nitrogens with zero attached hydrogens (tertiary/aromatic N) is 1. The Kier molecular flexibility index (Phi) is 4.21. The Morgan fingerprint density at radius 3 is 2.65 bits per heavy atom. The second-order valence-corrected chi connectivity index (χ2v) is 7.12. The molecular weight excluding hydrogens is 377 g/mol. The van der Waals surface area contributed by atoms with Crippen molar-refractivity contribution < 1.29 is 23.5 Å². The predicted molar refractivity (Wildman–Crippen MR) is 98.3 cm³/mol. The Labute approximate surface area is 157 Å². The highest BCUT2D eigenvalue weighted by Gasteiger charge is 2.37. The summed E-state index contributed by atoms with van der Waals surface area (Å²) < 4.78 is 23.7. The average molecular weight is 387 g/mol. The summed E-state index contributed by atoms with van der Waals surface area (Å²) in [6.07, 6.45) is 1.64. The largest absolute Gasteiger partial charge is 0.454 e. The zero-order chi connectivity index (χ0) is 18.3. The van der Waals surface area contributed by atoms with Crippen molar-refractivity contribution in [3.63, 3.8) is 0 Å². The van der Waals surface area contributed by atoms with Gasteiger partial charge in [-0.15, -0.1) is 0 Å². The second-order valence-electron chi connectivity index (χ2n) is 5.44. The highest BCUT2D eigenvalue weighted by Crippen LogP contribution is 2.36. The zero-order valence-corrected chi connectivity index (χ0v) is 14.7. The van der Waals surface area contributed by atoms with Gasteiger partial charge in [0.2, 0.25) is 6.79 Å². The number of carbonyl (C=O) groups is 2. The highest BCUT2D eigenvalue weighted by molar-refractivity contribution is 8.26. The van der Waals surface area contributed by atoms with Crippen LogP contribution in [0, 0.1) is 5.82 Å². The number of halogens is 1. The maximum absolute atomic E-state index is 13.0. The summed E-state index contributed by atoms with van der Waals surface area (Å²) in [4.78, 5) is 26.4. The molecule has 2 aliphatic rings. The smallest absolute Gasteiger partial charge is 0.273 e. The van der Waals surface area contributed by atoms with Gasteiger partial charge in [-0.05, 0) is 48.0 Å². The van der Waals surface area contributed by atoms with E-state index >= 15 is 0 Å². The molecule has 5 nitrogen and oxygen atoms in total. The first-order valence-electron chi connectivity index (χ1n) is 7.50. The Bertz CT molecular complexity index is 972. The van der Waals surface area contributed by atoms with Crippen molar-refractivity contribution in [3.05, 3.63) is 64.3 Å². The molecule has 0 atom stereocenters. The van der Waals surface area contributed by atoms with Gasteiger partial charge in [-0.2, -0.15) is 0 Å². The Morgan fingerprint density at radius 1 is 1.15 bits per heavy atom. The van der Waals surface area contributed by atoms with Crippen LogP contribution in [0.25, 0.3) is 6.08 Å². The van der Waals surface area contributed by atoms with E-state index in [1.807, 2.05) is 0 Å². The summed E-state index contributed by atoms with van der Waals surface area (Å²) in [5, 5.41) is 0. The van der Waals surface area contributed by atoms with E-state index in [1.54, 1.807) is 24.3 Å². The lowest BCUT2D eigenvalue weighted by atomic mass is 10.1. The van der Waals surface area contributed by atoms with E-state index in [1.165, 1.54) is 12.1 Å². The van der Waals surface area contributed by atoms with E-state index in [4.69, 9.17) is 21.7 Å². The maximum atomic E-state index is 13.0. The number of thiocarbonyl (C=S) groups is 1. The monoisotopic (exact) mass is 387 g/mol. The van der Waals surface area contributed by atoms with E-state index in [-0.39, 0.29) is 16.7 Å². The van der Waals surface area contributed by atoms with Gasteiger partial charge in [-0.25, -0.2) is 9.29 Å². The van der Waals surface area contributed by atoms with Gasteiger partial charge in [0.1, 0.15) is 5.82 Å². The van der Waals surface area contributed by atoms with Crippen molar-refractivity contribution in [2.24, 2.45) is 0 Å². The zero-order valence-electron chi connectivity index (χ0n) is 13.1. The Morgan fingerprint density at radius 2 is 1.88 bits per heavy atom. The third kappa shape index (κ3) is 2.97. The lowest BCUT2D eigenvalue weighted by molar-refractivity contribution is -0.120. The molecule has 2 aromatic carbocycles. The summed E-state index contributed by atoms with van der Waals surface area (Å²) in [6, 6.07) is 10.2. The third-order valence-corrected chi connectivity index (χ3v) is 5.08. The van der Waals surface area contributed by atoms with E-state index in [0.717, 1.165) is 34.4 Å². The van der Waals surface area contributed by atoms with Crippen LogP contribution in [0.1, 0.15) is 15.9 Å². The van der Waals surface area contributed by atoms with Crippen molar-refractivity contribution in [2.75, 3.05) is 6.79 Å². The van der Waals surface area contributed by atoms with Gasteiger partial charge < -0.3 is 9.47 Å². The van der Waals surface area contributed by atoms with Gasteiger partial charge in [0.05, 0.1) is 4.91 Å². The quantitative estimate of drug-likeness (QED) is 0.446. The summed E-state index contributed by atoms with van der Waals surface area (Å²) in [7, 11) is 0. The Balaban J connectivity index is 1.60. The van der Waals surface area contributed by atoms with Crippen LogP contribution in [-0.2, 0) is 4.79 Å². The van der Waals surface area contributed by atoms with Gasteiger partial charge in [-0.1, -0.05) is 30.0 Å². The molecule has 8 heteroatoms. The van der Waals surface area contributed by atoms with Crippen LogP contribution in [0.3, 0.4) is 0 Å². The number of hydrogen-bond acceptors (Lipinski definition) is 6. The SMILES string of the molecule is O=C1/C(=C\c2ccc3c(c2)OCO3)SC(=S)N1C(=O)c1ccc(F)cc1. The van der Waals surface area contributed by atoms with Crippen LogP contribution in [0.4, 0.5) is 4.39 Å². The van der Waals surface area contributed by atoms with Gasteiger partial charge >= 0.3 is 0 Å². The molecule has 0 spiro atoms. The summed E-state index contributed by atoms with van der Waals surface area (Å²) >= 11 is 6.22. The molecule has 130 valence electrons. The molecule has 26 heavy (non-hydrogen) atoms. The standard InChI is InChI=1S/C18H10FNO4S2/c19-12-4-2-11(3-5-12)16(21)20-17(22)15(26-18(20)25)8-10-1-6-13-14(7-10)24-9-23-13/h1-8H,9H2/b15-8+. The lowest BCUT2D eigenvalue weighted by Gasteiger charge is -2.12. The molecule has 1 fully saturated rings. The fourth-order valence-corrected chi connectivity index (χ4v) is 3.77. The highest BCUT2D eigenvalue weighted by atomic mass is 32.2. The number of rotatable bonds is 2. The minimum absolute atomic E-state index is 0.135. The predicted octanol–water partition coefficient (Wildman–Crippen LogP) is 3.60. The van der Waals surface area contributed by atoms with Crippen LogP contribution >= 0.6 is 24.0 Å². The summed E-state index contributed by atoms with van der Waals surface area (Å²) in [5.74, 6) is -0.318. The number of amides is 2. The summed E-state index contributed by atoms with van der Waals surface area (Å²) in [6.45, 7) is 0.160. The van der Waals surface area contributed by atoms with Crippen LogP contribution < -0.4 is 9.47 Å². The minimum atomic E-state index is -0.582. The molecule has 0 N–H and O–H groups in total. The molecule has 0 aliphatic carbocycles. The number of ether oxygens (including phenoxy) is 2. The van der Waals surface area contributed by atoms with Crippen molar-refractivity contribution in [1.29, 1.82) is 0 Å². The van der Waals surface area contributed by atoms with Crippen molar-refractivity contribution in [3.8, 4) is 11.5 Å². The third-order valence-electron chi connectivity index (χ3n) is 3.78. The number of fused-ring (bicyclic) bond motifs is 1. The lowest BCUT2D eigenvalue weighted by Crippen LogP contribution is -2.34. The molecular formula is C18H10FNO4S2. The van der Waals surface area contributed by atoms with E-state index in [0.29, 0.717) is 16.4 Å². The minimum Gasteiger partial charge on any atom is -0.454 e. The van der Waals surface area contributed by atoms with Gasteiger partial charge in [0.25, 0.3) is 11.8 Å². The first-order valence-corrected chi connectivity index (χ1v) is 8.73. The molecule has 0 unspecified atom stereocenters. The topological polar surface area (TPSA) is 55.8 Å². The molecule has 2 aromatic rings. The molecule has 0 aromatic heterocycles. The van der Waals surface area contributed by atoms with Gasteiger partial charge in [-0.3, -0.25) is 9.59 Å². The second kappa shape index (κ2) is 6.54. The van der Waals surface area contributed by atoms with Crippen molar-refractivity contribution in [1.82, 2.24) is 4.90 Å². The number of imide groups is 1. The van der Waals surface area contributed by atoms with E-state index < -0.39 is 17.6 Å². The van der Waals surface area contributed by atoms with Gasteiger partial charge in [0, 0.05) is 5.56 Å². The van der Waals surface area contributed by atoms with Gasteiger partial charge in [0.15, 0.2) is 15.8 Å². The number of thioether (sulfide) groups is 1. The van der Waals surface area contributed by atoms with Crippen LogP contribution in [0.5, 0.6) is 11.5 Å². The first kappa shape index (κ1) is 16.7. The van der Waals surface area contributed by atoms with E-state index in [9.17, 15) is 14.0 Å². The Hall–Kier alpha value is -2.71. The van der Waals surface area contributed by atoms with Crippen LogP contribution in [0.2, 0.25) is 0 Å². The molecule has 0 saturated carbocycles. The number of hydrogen-bond donors (Lipinski definition) is 0. The normalized spacial score (nSPS) is 17.3. The number of benzene rings is 2. The van der Waals surface area contributed by atoms with Crippen LogP contribution in [0.15, 0.2) is 47.4 Å². The number of carbonyl (C=O) groups excluding carboxylic acids is 2. The molecule has 2 heterocycles. The maximum Gasteiger partial charge on any atom is 0.273 e. The molecule has 0 radical (unpaired) electrons. The fourth-order valence-electron chi connectivity index (χ4n) is 2.52. The van der Waals surface area contributed by atoms with Crippen molar-refractivity contribution in [2.45, 2.75) is 0 Å².